The predicted molar refractivity (Wildman–Crippen MR) is 109 cm³/mol. The van der Waals surface area contributed by atoms with E-state index in [1.54, 1.807) is 0 Å². The molecule has 8 atom stereocenters. The zero-order chi connectivity index (χ0) is 19.7. The molecule has 4 saturated carbocycles. The number of phenols is 1. The Hall–Kier alpha value is -1.35. The highest BCUT2D eigenvalue weighted by Gasteiger charge is 2.63. The van der Waals surface area contributed by atoms with E-state index in [-0.39, 0.29) is 16.9 Å². The maximum Gasteiger partial charge on any atom is 0.133 e. The number of hydrogen-bond donors (Lipinski definition) is 2. The summed E-state index contributed by atoms with van der Waals surface area (Å²) < 4.78 is 0. The molecule has 4 fully saturated rings. The molecule has 0 heterocycles. The molecule has 4 aliphatic carbocycles. The summed E-state index contributed by atoms with van der Waals surface area (Å²) in [5.74, 6) is 3.52. The standard InChI is InChI=1S/C25H34O3/c1-24-12-11-18(27)13-16(24)5-8-19-21-9-10-22(28)25(21,2)14-20(23(19)24)15-3-6-17(26)7-4-15/h3-4,6-7,16,19-23,26,28H,5,8-14H2,1-2H3. The van der Waals surface area contributed by atoms with Gasteiger partial charge in [-0.15, -0.1) is 0 Å². The Bertz CT molecular complexity index is 771. The van der Waals surface area contributed by atoms with Crippen LogP contribution in [0.5, 0.6) is 5.75 Å². The summed E-state index contributed by atoms with van der Waals surface area (Å²) >= 11 is 0. The van der Waals surface area contributed by atoms with Crippen LogP contribution in [0.2, 0.25) is 0 Å². The molecule has 0 aromatic heterocycles. The summed E-state index contributed by atoms with van der Waals surface area (Å²) in [4.78, 5) is 12.2. The first-order valence-electron chi connectivity index (χ1n) is 11.3. The number of hydrogen-bond acceptors (Lipinski definition) is 3. The first kappa shape index (κ1) is 18.7. The fraction of sp³-hybridized carbons (Fsp3) is 0.720. The summed E-state index contributed by atoms with van der Waals surface area (Å²) in [5, 5.41) is 20.7. The van der Waals surface area contributed by atoms with Crippen molar-refractivity contribution in [3.05, 3.63) is 29.8 Å². The van der Waals surface area contributed by atoms with Crippen LogP contribution < -0.4 is 0 Å². The zero-order valence-corrected chi connectivity index (χ0v) is 17.2. The number of aliphatic hydroxyl groups excluding tert-OH is 1. The van der Waals surface area contributed by atoms with E-state index >= 15 is 0 Å². The highest BCUT2D eigenvalue weighted by atomic mass is 16.3. The second-order valence-corrected chi connectivity index (χ2v) is 10.8. The van der Waals surface area contributed by atoms with Crippen LogP contribution in [-0.2, 0) is 4.79 Å². The van der Waals surface area contributed by atoms with E-state index in [2.05, 4.69) is 26.0 Å². The lowest BCUT2D eigenvalue weighted by atomic mass is 9.42. The molecule has 0 aliphatic heterocycles. The van der Waals surface area contributed by atoms with Gasteiger partial charge in [-0.1, -0.05) is 26.0 Å². The summed E-state index contributed by atoms with van der Waals surface area (Å²) in [7, 11) is 0. The number of phenolic OH excluding ortho intramolecular Hbond substituents is 1. The van der Waals surface area contributed by atoms with Gasteiger partial charge in [0.05, 0.1) is 6.10 Å². The van der Waals surface area contributed by atoms with Crippen LogP contribution in [0, 0.1) is 34.5 Å². The first-order valence-corrected chi connectivity index (χ1v) is 11.3. The van der Waals surface area contributed by atoms with Crippen molar-refractivity contribution < 1.29 is 15.0 Å². The fourth-order valence-electron chi connectivity index (χ4n) is 8.25. The average molecular weight is 383 g/mol. The Morgan fingerprint density at radius 3 is 2.50 bits per heavy atom. The Labute approximate surface area is 168 Å². The third-order valence-corrected chi connectivity index (χ3v) is 9.71. The number of fused-ring (bicyclic) bond motifs is 5. The molecule has 152 valence electrons. The van der Waals surface area contributed by atoms with Crippen molar-refractivity contribution in [3.8, 4) is 5.75 Å². The fourth-order valence-corrected chi connectivity index (χ4v) is 8.25. The predicted octanol–water partition coefficient (Wildman–Crippen LogP) is 5.06. The average Bonchev–Trinajstić information content (AvgIpc) is 2.97. The van der Waals surface area contributed by atoms with Gasteiger partial charge >= 0.3 is 0 Å². The lowest BCUT2D eigenvalue weighted by Crippen LogP contribution is -2.56. The maximum absolute atomic E-state index is 12.2. The lowest BCUT2D eigenvalue weighted by molar-refractivity contribution is -0.147. The lowest BCUT2D eigenvalue weighted by Gasteiger charge is -2.62. The number of aromatic hydroxyl groups is 1. The summed E-state index contributed by atoms with van der Waals surface area (Å²) in [5.41, 5.74) is 1.52. The third kappa shape index (κ3) is 2.54. The molecular formula is C25H34O3. The molecule has 0 radical (unpaired) electrons. The van der Waals surface area contributed by atoms with E-state index < -0.39 is 0 Å². The number of Topliss-reactive ketones (excluding diaryl/α,β-unsaturated/α-hetero) is 1. The minimum absolute atomic E-state index is 0.00258. The van der Waals surface area contributed by atoms with Crippen molar-refractivity contribution in [1.29, 1.82) is 0 Å². The first-order chi connectivity index (χ1) is 13.3. The normalized spacial score (nSPS) is 47.9. The van der Waals surface area contributed by atoms with Crippen molar-refractivity contribution in [1.82, 2.24) is 0 Å². The van der Waals surface area contributed by atoms with Crippen LogP contribution >= 0.6 is 0 Å². The van der Waals surface area contributed by atoms with Crippen molar-refractivity contribution in [2.45, 2.75) is 77.2 Å². The van der Waals surface area contributed by atoms with Gasteiger partial charge in [-0.05, 0) is 96.6 Å². The number of benzene rings is 1. The number of ketones is 1. The summed E-state index contributed by atoms with van der Waals surface area (Å²) in [6.45, 7) is 4.81. The van der Waals surface area contributed by atoms with Gasteiger partial charge in [0.25, 0.3) is 0 Å². The maximum atomic E-state index is 12.2. The molecular weight excluding hydrogens is 348 g/mol. The number of rotatable bonds is 1. The van der Waals surface area contributed by atoms with Gasteiger partial charge in [-0.2, -0.15) is 0 Å². The van der Waals surface area contributed by atoms with Crippen molar-refractivity contribution >= 4 is 5.78 Å². The van der Waals surface area contributed by atoms with Crippen LogP contribution in [0.3, 0.4) is 0 Å². The minimum Gasteiger partial charge on any atom is -0.508 e. The Kier molecular flexibility index (Phi) is 4.21. The van der Waals surface area contributed by atoms with E-state index in [4.69, 9.17) is 0 Å². The molecule has 28 heavy (non-hydrogen) atoms. The second kappa shape index (κ2) is 6.32. The molecule has 8 unspecified atom stereocenters. The van der Waals surface area contributed by atoms with Crippen molar-refractivity contribution in [3.63, 3.8) is 0 Å². The Morgan fingerprint density at radius 2 is 1.75 bits per heavy atom. The summed E-state index contributed by atoms with van der Waals surface area (Å²) in [6.07, 6.45) is 7.84. The van der Waals surface area contributed by atoms with Crippen molar-refractivity contribution in [2.24, 2.45) is 34.5 Å². The molecule has 0 spiro atoms. The van der Waals surface area contributed by atoms with Gasteiger partial charge < -0.3 is 10.2 Å². The molecule has 1 aromatic rings. The monoisotopic (exact) mass is 382 g/mol. The molecule has 1 aromatic carbocycles. The van der Waals surface area contributed by atoms with E-state index in [0.717, 1.165) is 38.5 Å². The number of carbonyl (C=O) groups excluding carboxylic acids is 1. The molecule has 2 N–H and O–H groups in total. The smallest absolute Gasteiger partial charge is 0.133 e. The van der Waals surface area contributed by atoms with Crippen LogP contribution in [0.4, 0.5) is 0 Å². The van der Waals surface area contributed by atoms with Crippen LogP contribution in [0.1, 0.15) is 76.7 Å². The van der Waals surface area contributed by atoms with Gasteiger partial charge in [-0.3, -0.25) is 4.79 Å². The number of aliphatic hydroxyl groups is 1. The molecule has 0 bridgehead atoms. The third-order valence-electron chi connectivity index (χ3n) is 9.71. The van der Waals surface area contributed by atoms with Gasteiger partial charge in [0.1, 0.15) is 11.5 Å². The second-order valence-electron chi connectivity index (χ2n) is 10.8. The quantitative estimate of drug-likeness (QED) is 0.714. The van der Waals surface area contributed by atoms with Crippen LogP contribution in [-0.4, -0.2) is 22.1 Å². The highest BCUT2D eigenvalue weighted by Crippen LogP contribution is 2.69. The van der Waals surface area contributed by atoms with Gasteiger partial charge in [0, 0.05) is 12.8 Å². The van der Waals surface area contributed by atoms with E-state index in [0.29, 0.717) is 41.1 Å². The molecule has 3 heteroatoms. The highest BCUT2D eigenvalue weighted by molar-refractivity contribution is 5.79. The van der Waals surface area contributed by atoms with Crippen LogP contribution in [0.25, 0.3) is 0 Å². The molecule has 5 rings (SSSR count). The van der Waals surface area contributed by atoms with Crippen molar-refractivity contribution in [2.75, 3.05) is 0 Å². The van der Waals surface area contributed by atoms with Crippen LogP contribution in [0.15, 0.2) is 24.3 Å². The molecule has 3 nitrogen and oxygen atoms in total. The minimum atomic E-state index is -0.198. The van der Waals surface area contributed by atoms with Gasteiger partial charge in [0.15, 0.2) is 0 Å². The number of carbonyl (C=O) groups is 1. The zero-order valence-electron chi connectivity index (χ0n) is 17.2. The van der Waals surface area contributed by atoms with Gasteiger partial charge in [-0.25, -0.2) is 0 Å². The summed E-state index contributed by atoms with van der Waals surface area (Å²) in [6, 6.07) is 7.83. The molecule has 0 saturated heterocycles. The molecule has 4 aliphatic rings. The van der Waals surface area contributed by atoms with E-state index in [1.165, 1.54) is 18.4 Å². The van der Waals surface area contributed by atoms with Gasteiger partial charge in [0.2, 0.25) is 0 Å². The SMILES string of the molecule is CC12CC(c3ccc(O)cc3)C3C(CCC4CC(=O)CCC43C)C1CCC2O. The Balaban J connectivity index is 1.60. The van der Waals surface area contributed by atoms with E-state index in [9.17, 15) is 15.0 Å². The molecule has 0 amide bonds. The Morgan fingerprint density at radius 1 is 1.00 bits per heavy atom. The largest absolute Gasteiger partial charge is 0.508 e. The topological polar surface area (TPSA) is 57.5 Å². The van der Waals surface area contributed by atoms with E-state index in [1.807, 2.05) is 12.1 Å².